The molecule has 0 unspecified atom stereocenters. The van der Waals surface area contributed by atoms with Crippen molar-refractivity contribution in [3.05, 3.63) is 35.4 Å². The SMILES string of the molecule is NCc1ccccc1CC(=O)N1C[C@@H](O)[C@@H](O)C1. The van der Waals surface area contributed by atoms with Gasteiger partial charge in [0.05, 0.1) is 18.6 Å². The Morgan fingerprint density at radius 1 is 1.22 bits per heavy atom. The molecule has 1 fully saturated rings. The topological polar surface area (TPSA) is 86.8 Å². The molecule has 18 heavy (non-hydrogen) atoms. The molecule has 1 heterocycles. The monoisotopic (exact) mass is 250 g/mol. The maximum Gasteiger partial charge on any atom is 0.227 e. The highest BCUT2D eigenvalue weighted by Crippen LogP contribution is 2.14. The quantitative estimate of drug-likeness (QED) is 0.659. The second-order valence-corrected chi connectivity index (χ2v) is 4.58. The normalized spacial score (nSPS) is 23.4. The molecule has 2 atom stereocenters. The maximum atomic E-state index is 12.0. The van der Waals surface area contributed by atoms with Crippen molar-refractivity contribution in [2.75, 3.05) is 13.1 Å². The molecule has 0 spiro atoms. The average molecular weight is 250 g/mol. The van der Waals surface area contributed by atoms with Gasteiger partial charge in [-0.2, -0.15) is 0 Å². The van der Waals surface area contributed by atoms with E-state index in [0.717, 1.165) is 11.1 Å². The van der Waals surface area contributed by atoms with Crippen LogP contribution >= 0.6 is 0 Å². The number of nitrogens with zero attached hydrogens (tertiary/aromatic N) is 1. The zero-order valence-electron chi connectivity index (χ0n) is 10.1. The van der Waals surface area contributed by atoms with Crippen molar-refractivity contribution in [3.63, 3.8) is 0 Å². The van der Waals surface area contributed by atoms with E-state index in [1.54, 1.807) is 0 Å². The maximum absolute atomic E-state index is 12.0. The molecule has 0 aromatic heterocycles. The minimum atomic E-state index is -0.835. The smallest absolute Gasteiger partial charge is 0.227 e. The highest BCUT2D eigenvalue weighted by atomic mass is 16.3. The number of aliphatic hydroxyl groups excluding tert-OH is 2. The van der Waals surface area contributed by atoms with Crippen molar-refractivity contribution in [2.45, 2.75) is 25.2 Å². The summed E-state index contributed by atoms with van der Waals surface area (Å²) in [5.41, 5.74) is 7.47. The van der Waals surface area contributed by atoms with Crippen LogP contribution in [-0.2, 0) is 17.8 Å². The van der Waals surface area contributed by atoms with Crippen LogP contribution in [0.3, 0.4) is 0 Å². The van der Waals surface area contributed by atoms with E-state index in [0.29, 0.717) is 6.54 Å². The summed E-state index contributed by atoms with van der Waals surface area (Å²) >= 11 is 0. The predicted molar refractivity (Wildman–Crippen MR) is 66.6 cm³/mol. The van der Waals surface area contributed by atoms with Crippen molar-refractivity contribution in [1.29, 1.82) is 0 Å². The summed E-state index contributed by atoms with van der Waals surface area (Å²) in [5.74, 6) is -0.0912. The number of β-amino-alcohol motifs (C(OH)–C–C–N with tert-alkyl or cyclic N) is 2. The Hall–Kier alpha value is -1.43. The molecule has 1 aliphatic rings. The van der Waals surface area contributed by atoms with Crippen LogP contribution in [0.5, 0.6) is 0 Å². The summed E-state index contributed by atoms with van der Waals surface area (Å²) in [5, 5.41) is 18.8. The summed E-state index contributed by atoms with van der Waals surface area (Å²) in [6.07, 6.45) is -1.41. The third kappa shape index (κ3) is 2.69. The number of likely N-dealkylation sites (tertiary alicyclic amines) is 1. The number of rotatable bonds is 3. The number of hydrogen-bond acceptors (Lipinski definition) is 4. The third-order valence-corrected chi connectivity index (χ3v) is 3.29. The zero-order valence-corrected chi connectivity index (χ0v) is 10.1. The molecule has 0 bridgehead atoms. The van der Waals surface area contributed by atoms with Crippen LogP contribution < -0.4 is 5.73 Å². The van der Waals surface area contributed by atoms with E-state index in [4.69, 9.17) is 5.73 Å². The van der Waals surface area contributed by atoms with Gasteiger partial charge in [0.15, 0.2) is 0 Å². The van der Waals surface area contributed by atoms with Gasteiger partial charge in [0.25, 0.3) is 0 Å². The fraction of sp³-hybridized carbons (Fsp3) is 0.462. The molecular formula is C13H18N2O3. The van der Waals surface area contributed by atoms with Crippen molar-refractivity contribution >= 4 is 5.91 Å². The van der Waals surface area contributed by atoms with Crippen LogP contribution in [0, 0.1) is 0 Å². The lowest BCUT2D eigenvalue weighted by molar-refractivity contribution is -0.130. The molecule has 2 rings (SSSR count). The Morgan fingerprint density at radius 2 is 1.78 bits per heavy atom. The highest BCUT2D eigenvalue weighted by molar-refractivity contribution is 5.79. The average Bonchev–Trinajstić information content (AvgIpc) is 2.70. The molecule has 1 aromatic rings. The van der Waals surface area contributed by atoms with Crippen LogP contribution in [0.1, 0.15) is 11.1 Å². The van der Waals surface area contributed by atoms with Crippen LogP contribution in [0.4, 0.5) is 0 Å². The fourth-order valence-corrected chi connectivity index (χ4v) is 2.18. The summed E-state index contributed by atoms with van der Waals surface area (Å²) in [6, 6.07) is 7.54. The summed E-state index contributed by atoms with van der Waals surface area (Å²) in [7, 11) is 0. The summed E-state index contributed by atoms with van der Waals surface area (Å²) < 4.78 is 0. The Bertz CT molecular complexity index is 426. The van der Waals surface area contributed by atoms with E-state index < -0.39 is 12.2 Å². The number of aliphatic hydroxyl groups is 2. The first-order valence-electron chi connectivity index (χ1n) is 6.02. The minimum absolute atomic E-state index is 0.0912. The van der Waals surface area contributed by atoms with Crippen molar-refractivity contribution < 1.29 is 15.0 Å². The molecule has 1 aliphatic heterocycles. The Labute approximate surface area is 106 Å². The predicted octanol–water partition coefficient (Wildman–Crippen LogP) is -0.748. The molecule has 4 N–H and O–H groups in total. The standard InChI is InChI=1S/C13H18N2O3/c14-6-10-4-2-1-3-9(10)5-13(18)15-7-11(16)12(17)8-15/h1-4,11-12,16-17H,5-8,14H2/t11-,12+. The molecule has 5 nitrogen and oxygen atoms in total. The number of nitrogens with two attached hydrogens (primary N) is 1. The second kappa shape index (κ2) is 5.48. The van der Waals surface area contributed by atoms with Crippen LogP contribution in [-0.4, -0.2) is 46.3 Å². The summed E-state index contributed by atoms with van der Waals surface area (Å²) in [6.45, 7) is 0.796. The van der Waals surface area contributed by atoms with Gasteiger partial charge in [-0.3, -0.25) is 4.79 Å². The van der Waals surface area contributed by atoms with E-state index >= 15 is 0 Å². The van der Waals surface area contributed by atoms with E-state index in [1.165, 1.54) is 4.90 Å². The number of benzene rings is 1. The lowest BCUT2D eigenvalue weighted by Crippen LogP contribution is -2.31. The molecule has 1 saturated heterocycles. The first-order chi connectivity index (χ1) is 8.61. The molecule has 0 aliphatic carbocycles. The molecular weight excluding hydrogens is 232 g/mol. The number of amides is 1. The fourth-order valence-electron chi connectivity index (χ4n) is 2.18. The van der Waals surface area contributed by atoms with E-state index in [2.05, 4.69) is 0 Å². The van der Waals surface area contributed by atoms with Gasteiger partial charge in [0, 0.05) is 19.6 Å². The van der Waals surface area contributed by atoms with Crippen molar-refractivity contribution in [3.8, 4) is 0 Å². The molecule has 1 aromatic carbocycles. The second-order valence-electron chi connectivity index (χ2n) is 4.58. The lowest BCUT2D eigenvalue weighted by Gasteiger charge is -2.16. The summed E-state index contributed by atoms with van der Waals surface area (Å²) in [4.78, 5) is 13.5. The van der Waals surface area contributed by atoms with E-state index in [1.807, 2.05) is 24.3 Å². The van der Waals surface area contributed by atoms with Gasteiger partial charge in [0.2, 0.25) is 5.91 Å². The van der Waals surface area contributed by atoms with Crippen LogP contribution in [0.15, 0.2) is 24.3 Å². The lowest BCUT2D eigenvalue weighted by atomic mass is 10.0. The van der Waals surface area contributed by atoms with Crippen molar-refractivity contribution in [1.82, 2.24) is 4.90 Å². The number of carbonyl (C=O) groups excluding carboxylic acids is 1. The Morgan fingerprint density at radius 3 is 2.33 bits per heavy atom. The van der Waals surface area contributed by atoms with Gasteiger partial charge in [-0.15, -0.1) is 0 Å². The molecule has 98 valence electrons. The van der Waals surface area contributed by atoms with Gasteiger partial charge in [-0.1, -0.05) is 24.3 Å². The first-order valence-corrected chi connectivity index (χ1v) is 6.02. The van der Waals surface area contributed by atoms with E-state index in [-0.39, 0.29) is 25.4 Å². The first kappa shape index (κ1) is 13.0. The van der Waals surface area contributed by atoms with Crippen LogP contribution in [0.25, 0.3) is 0 Å². The van der Waals surface area contributed by atoms with Crippen LogP contribution in [0.2, 0.25) is 0 Å². The third-order valence-electron chi connectivity index (χ3n) is 3.29. The minimum Gasteiger partial charge on any atom is -0.388 e. The Kier molecular flexibility index (Phi) is 3.96. The highest BCUT2D eigenvalue weighted by Gasteiger charge is 2.32. The van der Waals surface area contributed by atoms with Gasteiger partial charge in [-0.25, -0.2) is 0 Å². The van der Waals surface area contributed by atoms with Gasteiger partial charge < -0.3 is 20.8 Å². The van der Waals surface area contributed by atoms with Gasteiger partial charge in [0.1, 0.15) is 0 Å². The van der Waals surface area contributed by atoms with E-state index in [9.17, 15) is 15.0 Å². The number of carbonyl (C=O) groups is 1. The zero-order chi connectivity index (χ0) is 13.1. The van der Waals surface area contributed by atoms with Gasteiger partial charge in [-0.05, 0) is 11.1 Å². The molecule has 0 saturated carbocycles. The molecule has 5 heteroatoms. The van der Waals surface area contributed by atoms with Crippen molar-refractivity contribution in [2.24, 2.45) is 5.73 Å². The molecule has 0 radical (unpaired) electrons. The van der Waals surface area contributed by atoms with Gasteiger partial charge >= 0.3 is 0 Å². The number of hydrogen-bond donors (Lipinski definition) is 3. The largest absolute Gasteiger partial charge is 0.388 e. The Balaban J connectivity index is 2.03. The molecule has 1 amide bonds.